The quantitative estimate of drug-likeness (QED) is 0.802. The third-order valence-corrected chi connectivity index (χ3v) is 3.14. The molecule has 2 rings (SSSR count). The molecule has 88 valence electrons. The van der Waals surface area contributed by atoms with Crippen LogP contribution in [0.2, 0.25) is 0 Å². The highest BCUT2D eigenvalue weighted by atomic mass is 14.8. The van der Waals surface area contributed by atoms with Gasteiger partial charge in [-0.1, -0.05) is 41.5 Å². The Morgan fingerprint density at radius 2 is 1.53 bits per heavy atom. The van der Waals surface area contributed by atoms with Crippen LogP contribution in [0.15, 0.2) is 36.4 Å². The molecule has 1 nitrogen and oxygen atoms in total. The van der Waals surface area contributed by atoms with Gasteiger partial charge in [-0.25, -0.2) is 0 Å². The molecule has 0 heterocycles. The van der Waals surface area contributed by atoms with Crippen LogP contribution in [0, 0.1) is 20.8 Å². The van der Waals surface area contributed by atoms with Gasteiger partial charge in [0.05, 0.1) is 0 Å². The van der Waals surface area contributed by atoms with Gasteiger partial charge in [0.25, 0.3) is 0 Å². The van der Waals surface area contributed by atoms with Gasteiger partial charge in [0.2, 0.25) is 0 Å². The average molecular weight is 225 g/mol. The summed E-state index contributed by atoms with van der Waals surface area (Å²) in [4.78, 5) is 0. The largest absolute Gasteiger partial charge is 0.388 e. The van der Waals surface area contributed by atoms with E-state index in [0.717, 1.165) is 0 Å². The zero-order valence-corrected chi connectivity index (χ0v) is 11.0. The molecule has 2 aromatic carbocycles. The first kappa shape index (κ1) is 11.7. The van der Waals surface area contributed by atoms with Crippen molar-refractivity contribution in [2.24, 2.45) is 0 Å². The van der Waals surface area contributed by atoms with Crippen molar-refractivity contribution in [3.8, 4) is 11.1 Å². The Hall–Kier alpha value is -1.76. The van der Waals surface area contributed by atoms with E-state index in [2.05, 4.69) is 62.5 Å². The fraction of sp³-hybridized carbons (Fsp3) is 0.250. The summed E-state index contributed by atoms with van der Waals surface area (Å²) in [5.41, 5.74) is 7.74. The van der Waals surface area contributed by atoms with E-state index in [4.69, 9.17) is 0 Å². The molecule has 2 aromatic rings. The molecule has 0 aliphatic heterocycles. The Kier molecular flexibility index (Phi) is 3.19. The number of aryl methyl sites for hydroxylation is 2. The van der Waals surface area contributed by atoms with E-state index in [9.17, 15) is 0 Å². The molecule has 1 heteroatoms. The van der Waals surface area contributed by atoms with E-state index in [-0.39, 0.29) is 0 Å². The lowest BCUT2D eigenvalue weighted by Gasteiger charge is -2.12. The molecule has 17 heavy (non-hydrogen) atoms. The van der Waals surface area contributed by atoms with Crippen LogP contribution in [0.5, 0.6) is 0 Å². The molecule has 0 radical (unpaired) electrons. The highest BCUT2D eigenvalue weighted by molar-refractivity contribution is 5.74. The Morgan fingerprint density at radius 3 is 2.12 bits per heavy atom. The molecule has 0 fully saturated rings. The van der Waals surface area contributed by atoms with Crippen molar-refractivity contribution < 1.29 is 0 Å². The van der Waals surface area contributed by atoms with Crippen molar-refractivity contribution >= 4 is 5.69 Å². The van der Waals surface area contributed by atoms with Gasteiger partial charge in [0, 0.05) is 12.7 Å². The minimum atomic E-state index is 1.20. The second-order valence-electron chi connectivity index (χ2n) is 4.60. The molecule has 0 aliphatic carbocycles. The maximum atomic E-state index is 3.23. The molecular weight excluding hydrogens is 206 g/mol. The Morgan fingerprint density at radius 1 is 0.882 bits per heavy atom. The van der Waals surface area contributed by atoms with Crippen molar-refractivity contribution in [2.75, 3.05) is 12.4 Å². The highest BCUT2D eigenvalue weighted by Gasteiger charge is 2.05. The predicted molar refractivity (Wildman–Crippen MR) is 75.6 cm³/mol. The van der Waals surface area contributed by atoms with E-state index >= 15 is 0 Å². The summed E-state index contributed by atoms with van der Waals surface area (Å²) in [5.74, 6) is 0. The van der Waals surface area contributed by atoms with Gasteiger partial charge >= 0.3 is 0 Å². The molecule has 0 spiro atoms. The molecule has 0 saturated heterocycles. The van der Waals surface area contributed by atoms with E-state index in [1.54, 1.807) is 0 Å². The van der Waals surface area contributed by atoms with E-state index in [0.29, 0.717) is 0 Å². The summed E-state index contributed by atoms with van der Waals surface area (Å²) >= 11 is 0. The fourth-order valence-corrected chi connectivity index (χ4v) is 2.35. The summed E-state index contributed by atoms with van der Waals surface area (Å²) < 4.78 is 0. The second kappa shape index (κ2) is 4.62. The van der Waals surface area contributed by atoms with Crippen LogP contribution in [-0.2, 0) is 0 Å². The Labute approximate surface area is 103 Å². The number of hydrogen-bond acceptors (Lipinski definition) is 1. The van der Waals surface area contributed by atoms with Crippen LogP contribution >= 0.6 is 0 Å². The van der Waals surface area contributed by atoms with Gasteiger partial charge in [0.15, 0.2) is 0 Å². The number of rotatable bonds is 2. The van der Waals surface area contributed by atoms with Gasteiger partial charge in [0.1, 0.15) is 0 Å². The number of hydrogen-bond donors (Lipinski definition) is 1. The standard InChI is InChI=1S/C16H19N/c1-11-8-12(2)10-14(9-11)15-6-5-7-16(17-4)13(15)3/h5-10,17H,1-4H3. The zero-order valence-electron chi connectivity index (χ0n) is 11.0. The van der Waals surface area contributed by atoms with Crippen LogP contribution in [0.25, 0.3) is 11.1 Å². The third kappa shape index (κ3) is 2.33. The molecule has 0 bridgehead atoms. The number of anilines is 1. The number of benzene rings is 2. The lowest BCUT2D eigenvalue weighted by molar-refractivity contribution is 1.36. The highest BCUT2D eigenvalue weighted by Crippen LogP contribution is 2.29. The summed E-state index contributed by atoms with van der Waals surface area (Å²) in [6, 6.07) is 13.1. The summed E-state index contributed by atoms with van der Waals surface area (Å²) in [6.45, 7) is 6.46. The van der Waals surface area contributed by atoms with Crippen molar-refractivity contribution in [3.63, 3.8) is 0 Å². The molecule has 0 atom stereocenters. The zero-order chi connectivity index (χ0) is 12.4. The van der Waals surface area contributed by atoms with Crippen molar-refractivity contribution in [2.45, 2.75) is 20.8 Å². The normalized spacial score (nSPS) is 10.4. The lowest BCUT2D eigenvalue weighted by Crippen LogP contribution is -1.94. The van der Waals surface area contributed by atoms with Crippen LogP contribution in [-0.4, -0.2) is 7.05 Å². The van der Waals surface area contributed by atoms with Gasteiger partial charge in [-0.05, 0) is 43.5 Å². The Bertz CT molecular complexity index is 521. The Balaban J connectivity index is 2.60. The molecule has 0 saturated carbocycles. The summed E-state index contributed by atoms with van der Waals surface area (Å²) in [7, 11) is 1.97. The maximum absolute atomic E-state index is 3.23. The SMILES string of the molecule is CNc1cccc(-c2cc(C)cc(C)c2)c1C. The first-order valence-corrected chi connectivity index (χ1v) is 5.98. The van der Waals surface area contributed by atoms with Gasteiger partial charge < -0.3 is 5.32 Å². The molecule has 0 amide bonds. The van der Waals surface area contributed by atoms with E-state index in [1.165, 1.54) is 33.5 Å². The second-order valence-corrected chi connectivity index (χ2v) is 4.60. The number of nitrogens with one attached hydrogen (secondary N) is 1. The first-order chi connectivity index (χ1) is 8.11. The van der Waals surface area contributed by atoms with E-state index in [1.807, 2.05) is 7.05 Å². The monoisotopic (exact) mass is 225 g/mol. The average Bonchev–Trinajstić information content (AvgIpc) is 2.28. The molecule has 0 aliphatic rings. The van der Waals surface area contributed by atoms with Crippen LogP contribution in [0.4, 0.5) is 5.69 Å². The minimum Gasteiger partial charge on any atom is -0.388 e. The topological polar surface area (TPSA) is 12.0 Å². The lowest BCUT2D eigenvalue weighted by atomic mass is 9.96. The van der Waals surface area contributed by atoms with Crippen molar-refractivity contribution in [1.82, 2.24) is 0 Å². The van der Waals surface area contributed by atoms with Crippen LogP contribution < -0.4 is 5.32 Å². The van der Waals surface area contributed by atoms with Gasteiger partial charge in [-0.15, -0.1) is 0 Å². The molecule has 0 unspecified atom stereocenters. The van der Waals surface area contributed by atoms with Crippen molar-refractivity contribution in [1.29, 1.82) is 0 Å². The first-order valence-electron chi connectivity index (χ1n) is 5.98. The summed E-state index contributed by atoms with van der Waals surface area (Å²) in [5, 5.41) is 3.23. The smallest absolute Gasteiger partial charge is 0.0373 e. The van der Waals surface area contributed by atoms with Crippen LogP contribution in [0.3, 0.4) is 0 Å². The third-order valence-electron chi connectivity index (χ3n) is 3.14. The van der Waals surface area contributed by atoms with Gasteiger partial charge in [-0.3, -0.25) is 0 Å². The van der Waals surface area contributed by atoms with Crippen LogP contribution in [0.1, 0.15) is 16.7 Å². The molecule has 0 aromatic heterocycles. The molecular formula is C16H19N. The van der Waals surface area contributed by atoms with Crippen molar-refractivity contribution in [3.05, 3.63) is 53.1 Å². The minimum absolute atomic E-state index is 1.20. The van der Waals surface area contributed by atoms with Gasteiger partial charge in [-0.2, -0.15) is 0 Å². The predicted octanol–water partition coefficient (Wildman–Crippen LogP) is 4.32. The molecule has 1 N–H and O–H groups in total. The summed E-state index contributed by atoms with van der Waals surface area (Å²) in [6.07, 6.45) is 0. The van der Waals surface area contributed by atoms with E-state index < -0.39 is 0 Å². The fourth-order valence-electron chi connectivity index (χ4n) is 2.35. The maximum Gasteiger partial charge on any atom is 0.0373 e.